The van der Waals surface area contributed by atoms with Crippen LogP contribution < -0.4 is 0 Å². The van der Waals surface area contributed by atoms with E-state index in [1.54, 1.807) is 0 Å². The van der Waals surface area contributed by atoms with E-state index >= 15 is 0 Å². The summed E-state index contributed by atoms with van der Waals surface area (Å²) in [7, 11) is 0. The molecule has 2 heteroatoms. The second kappa shape index (κ2) is 5.73. The van der Waals surface area contributed by atoms with Crippen molar-refractivity contribution in [3.63, 3.8) is 0 Å². The fourth-order valence-electron chi connectivity index (χ4n) is 2.92. The molecule has 0 N–H and O–H groups in total. The molecule has 1 heterocycles. The highest BCUT2D eigenvalue weighted by atomic mass is 15.1. The van der Waals surface area contributed by atoms with Crippen molar-refractivity contribution in [1.29, 1.82) is 0 Å². The van der Waals surface area contributed by atoms with Gasteiger partial charge in [-0.2, -0.15) is 0 Å². The highest BCUT2D eigenvalue weighted by Gasteiger charge is 2.14. The number of rotatable bonds is 2. The Morgan fingerprint density at radius 3 is 2.57 bits per heavy atom. The Labute approximate surface area is 136 Å². The van der Waals surface area contributed by atoms with Crippen molar-refractivity contribution in [2.45, 2.75) is 6.92 Å². The average Bonchev–Trinajstić information content (AvgIpc) is 2.84. The van der Waals surface area contributed by atoms with Crippen LogP contribution in [0.4, 0.5) is 0 Å². The Balaban J connectivity index is 1.98. The van der Waals surface area contributed by atoms with E-state index in [1.807, 2.05) is 12.1 Å². The van der Waals surface area contributed by atoms with Gasteiger partial charge in [0.15, 0.2) is 0 Å². The maximum absolute atomic E-state index is 4.89. The number of allylic oxidation sites excluding steroid dienone is 6. The smallest absolute Gasteiger partial charge is 0.145 e. The van der Waals surface area contributed by atoms with Gasteiger partial charge < -0.3 is 0 Å². The first-order chi connectivity index (χ1) is 11.3. The lowest BCUT2D eigenvalue weighted by Gasteiger charge is -2.09. The Kier molecular flexibility index (Phi) is 3.43. The SMILES string of the molecule is CC1C=CC=C(c2nc3ccccc3n2-c2ccccc2)C=C1. The third kappa shape index (κ3) is 2.53. The predicted octanol–water partition coefficient (Wildman–Crippen LogP) is 5.17. The van der Waals surface area contributed by atoms with Crippen LogP contribution in [0.2, 0.25) is 0 Å². The van der Waals surface area contributed by atoms with E-state index in [9.17, 15) is 0 Å². The molecule has 112 valence electrons. The largest absolute Gasteiger partial charge is 0.292 e. The zero-order valence-corrected chi connectivity index (χ0v) is 13.1. The van der Waals surface area contributed by atoms with Gasteiger partial charge in [0.1, 0.15) is 5.82 Å². The Morgan fingerprint density at radius 1 is 0.913 bits per heavy atom. The van der Waals surface area contributed by atoms with E-state index in [2.05, 4.69) is 84.3 Å². The molecule has 1 aromatic heterocycles. The molecule has 0 saturated heterocycles. The van der Waals surface area contributed by atoms with Gasteiger partial charge in [-0.3, -0.25) is 4.57 Å². The number of benzene rings is 2. The van der Waals surface area contributed by atoms with Gasteiger partial charge in [0, 0.05) is 11.3 Å². The van der Waals surface area contributed by atoms with Gasteiger partial charge in [-0.15, -0.1) is 0 Å². The van der Waals surface area contributed by atoms with E-state index in [0.29, 0.717) is 5.92 Å². The van der Waals surface area contributed by atoms with Gasteiger partial charge >= 0.3 is 0 Å². The summed E-state index contributed by atoms with van der Waals surface area (Å²) in [5.41, 5.74) is 4.41. The fourth-order valence-corrected chi connectivity index (χ4v) is 2.92. The summed E-state index contributed by atoms with van der Waals surface area (Å²) in [6, 6.07) is 18.7. The molecule has 1 aliphatic rings. The van der Waals surface area contributed by atoms with Crippen LogP contribution in [0.25, 0.3) is 22.3 Å². The quantitative estimate of drug-likeness (QED) is 0.638. The minimum Gasteiger partial charge on any atom is -0.292 e. The molecule has 0 saturated carbocycles. The van der Waals surface area contributed by atoms with Crippen LogP contribution in [0.5, 0.6) is 0 Å². The summed E-state index contributed by atoms with van der Waals surface area (Å²) >= 11 is 0. The zero-order valence-electron chi connectivity index (χ0n) is 13.1. The highest BCUT2D eigenvalue weighted by molar-refractivity contribution is 5.84. The molecule has 1 aliphatic carbocycles. The fraction of sp³-hybridized carbons (Fsp3) is 0.0952. The zero-order chi connectivity index (χ0) is 15.6. The van der Waals surface area contributed by atoms with Crippen molar-refractivity contribution in [3.05, 3.63) is 90.8 Å². The number of fused-ring (bicyclic) bond motifs is 1. The first-order valence-corrected chi connectivity index (χ1v) is 7.93. The molecule has 1 atom stereocenters. The van der Waals surface area contributed by atoms with Crippen molar-refractivity contribution in [3.8, 4) is 5.69 Å². The highest BCUT2D eigenvalue weighted by Crippen LogP contribution is 2.27. The third-order valence-corrected chi connectivity index (χ3v) is 4.10. The van der Waals surface area contributed by atoms with Crippen LogP contribution in [0, 0.1) is 5.92 Å². The molecular formula is C21H18N2. The minimum atomic E-state index is 0.443. The molecule has 4 rings (SSSR count). The molecule has 0 fully saturated rings. The lowest BCUT2D eigenvalue weighted by atomic mass is 10.1. The Bertz CT molecular complexity index is 927. The molecule has 23 heavy (non-hydrogen) atoms. The first-order valence-electron chi connectivity index (χ1n) is 7.93. The predicted molar refractivity (Wildman–Crippen MR) is 96.5 cm³/mol. The summed E-state index contributed by atoms with van der Waals surface area (Å²) in [4.78, 5) is 4.89. The lowest BCUT2D eigenvalue weighted by Crippen LogP contribution is -1.99. The lowest BCUT2D eigenvalue weighted by molar-refractivity contribution is 0.942. The standard InChI is InChI=1S/C21H18N2/c1-16-8-7-9-17(15-14-16)21-22-19-12-5-6-13-20(19)23(21)18-10-3-2-4-11-18/h2-16H,1H3. The van der Waals surface area contributed by atoms with Crippen molar-refractivity contribution in [2.24, 2.45) is 5.92 Å². The summed E-state index contributed by atoms with van der Waals surface area (Å²) in [6.45, 7) is 2.18. The van der Waals surface area contributed by atoms with Crippen LogP contribution in [0.15, 0.2) is 85.0 Å². The summed E-state index contributed by atoms with van der Waals surface area (Å²) in [6.07, 6.45) is 10.8. The van der Waals surface area contributed by atoms with E-state index in [4.69, 9.17) is 4.98 Å². The van der Waals surface area contributed by atoms with Gasteiger partial charge in [-0.05, 0) is 30.2 Å². The molecule has 0 bridgehead atoms. The average molecular weight is 298 g/mol. The Hall–Kier alpha value is -2.87. The number of aromatic nitrogens is 2. The van der Waals surface area contributed by atoms with E-state index in [1.165, 1.54) is 0 Å². The van der Waals surface area contributed by atoms with Crippen molar-refractivity contribution >= 4 is 16.6 Å². The van der Waals surface area contributed by atoms with Crippen LogP contribution in [0.1, 0.15) is 12.7 Å². The maximum Gasteiger partial charge on any atom is 0.145 e. The van der Waals surface area contributed by atoms with Crippen LogP contribution in [-0.4, -0.2) is 9.55 Å². The Morgan fingerprint density at radius 2 is 1.70 bits per heavy atom. The number of hydrogen-bond donors (Lipinski definition) is 0. The van der Waals surface area contributed by atoms with E-state index in [0.717, 1.165) is 28.1 Å². The van der Waals surface area contributed by atoms with Gasteiger partial charge in [-0.25, -0.2) is 4.98 Å². The van der Waals surface area contributed by atoms with Crippen LogP contribution in [-0.2, 0) is 0 Å². The topological polar surface area (TPSA) is 17.8 Å². The molecule has 3 aromatic rings. The third-order valence-electron chi connectivity index (χ3n) is 4.10. The normalized spacial score (nSPS) is 17.3. The summed E-state index contributed by atoms with van der Waals surface area (Å²) in [5, 5.41) is 0. The summed E-state index contributed by atoms with van der Waals surface area (Å²) < 4.78 is 2.23. The number of para-hydroxylation sites is 3. The van der Waals surface area contributed by atoms with Crippen molar-refractivity contribution in [1.82, 2.24) is 9.55 Å². The molecule has 1 unspecified atom stereocenters. The van der Waals surface area contributed by atoms with Gasteiger partial charge in [-0.1, -0.05) is 67.6 Å². The van der Waals surface area contributed by atoms with E-state index < -0.39 is 0 Å². The minimum absolute atomic E-state index is 0.443. The molecule has 0 aliphatic heterocycles. The van der Waals surface area contributed by atoms with Gasteiger partial charge in [0.05, 0.1) is 11.0 Å². The molecule has 0 amide bonds. The van der Waals surface area contributed by atoms with Gasteiger partial charge in [0.25, 0.3) is 0 Å². The molecule has 2 aromatic carbocycles. The van der Waals surface area contributed by atoms with Crippen LogP contribution >= 0.6 is 0 Å². The molecule has 0 spiro atoms. The van der Waals surface area contributed by atoms with Crippen molar-refractivity contribution in [2.75, 3.05) is 0 Å². The monoisotopic (exact) mass is 298 g/mol. The second-order valence-electron chi connectivity index (χ2n) is 5.82. The number of imidazole rings is 1. The molecule has 0 radical (unpaired) electrons. The summed E-state index contributed by atoms with van der Waals surface area (Å²) in [5.74, 6) is 1.42. The second-order valence-corrected chi connectivity index (χ2v) is 5.82. The molecule has 2 nitrogen and oxygen atoms in total. The number of nitrogens with zero attached hydrogens (tertiary/aromatic N) is 2. The first kappa shape index (κ1) is 13.8. The maximum atomic E-state index is 4.89. The molecular weight excluding hydrogens is 280 g/mol. The van der Waals surface area contributed by atoms with Crippen LogP contribution in [0.3, 0.4) is 0 Å². The number of hydrogen-bond acceptors (Lipinski definition) is 1. The van der Waals surface area contributed by atoms with Crippen molar-refractivity contribution < 1.29 is 0 Å². The van der Waals surface area contributed by atoms with Gasteiger partial charge in [0.2, 0.25) is 0 Å². The van der Waals surface area contributed by atoms with E-state index in [-0.39, 0.29) is 0 Å².